The predicted octanol–water partition coefficient (Wildman–Crippen LogP) is -1.40. The van der Waals surface area contributed by atoms with Crippen LogP contribution in [-0.4, -0.2) is 92.2 Å². The van der Waals surface area contributed by atoms with Gasteiger partial charge in [0.2, 0.25) is 5.91 Å². The molecule has 0 fully saturated rings. The number of aliphatic hydroxyl groups is 6. The SMILES string of the molecule is CCCCCCCC(=O)N(CCO)C[C@@H](O)[C@@H](O)[C@@H](O)[C@@H](O)CO. The van der Waals surface area contributed by atoms with E-state index < -0.39 is 31.0 Å². The lowest BCUT2D eigenvalue weighted by molar-refractivity contribution is -0.140. The summed E-state index contributed by atoms with van der Waals surface area (Å²) in [5.74, 6) is -0.246. The Morgan fingerprint density at radius 2 is 1.50 bits per heavy atom. The molecule has 0 bridgehead atoms. The first kappa shape index (κ1) is 23.2. The van der Waals surface area contributed by atoms with Crippen LogP contribution in [0.5, 0.6) is 0 Å². The molecule has 0 radical (unpaired) electrons. The number of hydrogen-bond donors (Lipinski definition) is 6. The summed E-state index contributed by atoms with van der Waals surface area (Å²) in [6.07, 6.45) is -1.33. The van der Waals surface area contributed by atoms with Gasteiger partial charge in [0, 0.05) is 19.5 Å². The van der Waals surface area contributed by atoms with Crippen LogP contribution in [0.2, 0.25) is 0 Å². The molecule has 0 aliphatic carbocycles. The number of carbonyl (C=O) groups excluding carboxylic acids is 1. The third kappa shape index (κ3) is 8.91. The maximum Gasteiger partial charge on any atom is 0.222 e. The van der Waals surface area contributed by atoms with Gasteiger partial charge in [-0.05, 0) is 6.42 Å². The normalized spacial score (nSPS) is 16.5. The van der Waals surface area contributed by atoms with Gasteiger partial charge in [0.15, 0.2) is 0 Å². The Hall–Kier alpha value is -0.770. The fraction of sp³-hybridized carbons (Fsp3) is 0.938. The van der Waals surface area contributed by atoms with E-state index in [9.17, 15) is 25.2 Å². The maximum absolute atomic E-state index is 12.2. The quantitative estimate of drug-likeness (QED) is 0.211. The Kier molecular flexibility index (Phi) is 13.1. The summed E-state index contributed by atoms with van der Waals surface area (Å²) in [5, 5.41) is 56.4. The summed E-state index contributed by atoms with van der Waals surface area (Å²) in [7, 11) is 0. The molecule has 1 amide bonds. The van der Waals surface area contributed by atoms with Crippen LogP contribution in [0.1, 0.15) is 45.4 Å². The number of nitrogens with zero attached hydrogens (tertiary/aromatic N) is 1. The number of carbonyl (C=O) groups is 1. The number of unbranched alkanes of at least 4 members (excludes halogenated alkanes) is 4. The fourth-order valence-electron chi connectivity index (χ4n) is 2.37. The van der Waals surface area contributed by atoms with Crippen molar-refractivity contribution in [2.24, 2.45) is 0 Å². The maximum atomic E-state index is 12.2. The second-order valence-corrected chi connectivity index (χ2v) is 6.03. The highest BCUT2D eigenvalue weighted by molar-refractivity contribution is 5.76. The Labute approximate surface area is 143 Å². The van der Waals surface area contributed by atoms with E-state index in [1.165, 1.54) is 4.90 Å². The van der Waals surface area contributed by atoms with E-state index >= 15 is 0 Å². The molecule has 8 heteroatoms. The lowest BCUT2D eigenvalue weighted by Gasteiger charge is -2.30. The summed E-state index contributed by atoms with van der Waals surface area (Å²) in [4.78, 5) is 13.4. The molecule has 24 heavy (non-hydrogen) atoms. The lowest BCUT2D eigenvalue weighted by Crippen LogP contribution is -2.51. The van der Waals surface area contributed by atoms with Crippen LogP contribution in [0.4, 0.5) is 0 Å². The molecule has 0 aliphatic rings. The van der Waals surface area contributed by atoms with Crippen molar-refractivity contribution in [2.75, 3.05) is 26.3 Å². The zero-order valence-corrected chi connectivity index (χ0v) is 14.4. The third-order valence-electron chi connectivity index (χ3n) is 3.95. The minimum Gasteiger partial charge on any atom is -0.395 e. The molecule has 0 heterocycles. The molecule has 4 atom stereocenters. The van der Waals surface area contributed by atoms with Gasteiger partial charge < -0.3 is 35.5 Å². The van der Waals surface area contributed by atoms with E-state index in [1.807, 2.05) is 0 Å². The summed E-state index contributed by atoms with van der Waals surface area (Å²) in [6.45, 7) is 0.790. The Bertz CT molecular complexity index is 330. The average molecular weight is 351 g/mol. The molecule has 0 aliphatic heterocycles. The monoisotopic (exact) mass is 351 g/mol. The molecule has 8 nitrogen and oxygen atoms in total. The first-order valence-corrected chi connectivity index (χ1v) is 8.60. The van der Waals surface area contributed by atoms with Gasteiger partial charge in [0.25, 0.3) is 0 Å². The van der Waals surface area contributed by atoms with E-state index in [4.69, 9.17) is 10.2 Å². The first-order valence-electron chi connectivity index (χ1n) is 8.60. The predicted molar refractivity (Wildman–Crippen MR) is 88.2 cm³/mol. The number of aliphatic hydroxyl groups excluding tert-OH is 6. The van der Waals surface area contributed by atoms with Gasteiger partial charge in [0.05, 0.1) is 13.2 Å². The van der Waals surface area contributed by atoms with Crippen molar-refractivity contribution in [3.63, 3.8) is 0 Å². The highest BCUT2D eigenvalue weighted by atomic mass is 16.4. The van der Waals surface area contributed by atoms with Crippen LogP contribution in [0.3, 0.4) is 0 Å². The summed E-state index contributed by atoms with van der Waals surface area (Å²) >= 11 is 0. The molecule has 144 valence electrons. The van der Waals surface area contributed by atoms with E-state index in [0.29, 0.717) is 6.42 Å². The first-order chi connectivity index (χ1) is 11.4. The number of hydrogen-bond acceptors (Lipinski definition) is 7. The summed E-state index contributed by atoms with van der Waals surface area (Å²) in [5.41, 5.74) is 0. The molecule has 0 aromatic rings. The molecular formula is C16H33NO7. The second kappa shape index (κ2) is 13.5. The topological polar surface area (TPSA) is 142 Å². The smallest absolute Gasteiger partial charge is 0.222 e. The van der Waals surface area contributed by atoms with Crippen LogP contribution in [-0.2, 0) is 4.79 Å². The van der Waals surface area contributed by atoms with Gasteiger partial charge in [-0.2, -0.15) is 0 Å². The van der Waals surface area contributed by atoms with Crippen molar-refractivity contribution in [1.82, 2.24) is 4.90 Å². The molecule has 0 rings (SSSR count). The zero-order valence-electron chi connectivity index (χ0n) is 14.4. The van der Waals surface area contributed by atoms with Crippen molar-refractivity contribution in [2.45, 2.75) is 69.9 Å². The summed E-state index contributed by atoms with van der Waals surface area (Å²) < 4.78 is 0. The average Bonchev–Trinajstić information content (AvgIpc) is 2.58. The minimum absolute atomic E-state index is 0.0101. The minimum atomic E-state index is -1.73. The molecule has 0 aromatic carbocycles. The Balaban J connectivity index is 4.45. The van der Waals surface area contributed by atoms with E-state index in [-0.39, 0.29) is 32.0 Å². The van der Waals surface area contributed by atoms with Gasteiger partial charge in [-0.1, -0.05) is 32.6 Å². The zero-order chi connectivity index (χ0) is 18.5. The summed E-state index contributed by atoms with van der Waals surface area (Å²) in [6, 6.07) is 0. The van der Waals surface area contributed by atoms with Crippen molar-refractivity contribution in [3.8, 4) is 0 Å². The van der Waals surface area contributed by atoms with Gasteiger partial charge in [-0.3, -0.25) is 4.79 Å². The van der Waals surface area contributed by atoms with Gasteiger partial charge in [-0.25, -0.2) is 0 Å². The van der Waals surface area contributed by atoms with Crippen LogP contribution in [0.15, 0.2) is 0 Å². The molecule has 0 saturated heterocycles. The van der Waals surface area contributed by atoms with Crippen molar-refractivity contribution in [1.29, 1.82) is 0 Å². The van der Waals surface area contributed by atoms with Gasteiger partial charge in [0.1, 0.15) is 24.4 Å². The Morgan fingerprint density at radius 1 is 0.917 bits per heavy atom. The van der Waals surface area contributed by atoms with Crippen LogP contribution in [0.25, 0.3) is 0 Å². The molecule has 0 unspecified atom stereocenters. The molecular weight excluding hydrogens is 318 g/mol. The van der Waals surface area contributed by atoms with Crippen molar-refractivity contribution in [3.05, 3.63) is 0 Å². The Morgan fingerprint density at radius 3 is 2.04 bits per heavy atom. The van der Waals surface area contributed by atoms with E-state index in [0.717, 1.165) is 25.7 Å². The third-order valence-corrected chi connectivity index (χ3v) is 3.95. The van der Waals surface area contributed by atoms with Gasteiger partial charge in [-0.15, -0.1) is 0 Å². The van der Waals surface area contributed by atoms with Gasteiger partial charge >= 0.3 is 0 Å². The molecule has 0 saturated carbocycles. The number of rotatable bonds is 14. The van der Waals surface area contributed by atoms with Crippen LogP contribution < -0.4 is 0 Å². The highest BCUT2D eigenvalue weighted by Crippen LogP contribution is 2.10. The highest BCUT2D eigenvalue weighted by Gasteiger charge is 2.31. The van der Waals surface area contributed by atoms with E-state index in [2.05, 4.69) is 6.92 Å². The molecule has 6 N–H and O–H groups in total. The van der Waals surface area contributed by atoms with Crippen molar-refractivity contribution < 1.29 is 35.4 Å². The molecule has 0 spiro atoms. The van der Waals surface area contributed by atoms with E-state index in [1.54, 1.807) is 0 Å². The number of amides is 1. The fourth-order valence-corrected chi connectivity index (χ4v) is 2.37. The molecule has 0 aromatic heterocycles. The standard InChI is InChI=1S/C16H33NO7/c1-2-3-4-5-6-7-14(22)17(8-9-18)10-12(20)15(23)16(24)13(21)11-19/h12-13,15-16,18-21,23-24H,2-11H2,1H3/t12-,13+,15-,16+/m1/s1. The largest absolute Gasteiger partial charge is 0.395 e. The van der Waals surface area contributed by atoms with Crippen LogP contribution in [0, 0.1) is 0 Å². The van der Waals surface area contributed by atoms with Crippen molar-refractivity contribution >= 4 is 5.91 Å². The van der Waals surface area contributed by atoms with Crippen LogP contribution >= 0.6 is 0 Å². The second-order valence-electron chi connectivity index (χ2n) is 6.03. The lowest BCUT2D eigenvalue weighted by atomic mass is 10.0.